The summed E-state index contributed by atoms with van der Waals surface area (Å²) >= 11 is 0. The van der Waals surface area contributed by atoms with E-state index in [1.54, 1.807) is 0 Å². The summed E-state index contributed by atoms with van der Waals surface area (Å²) in [6.07, 6.45) is 3.53. The van der Waals surface area contributed by atoms with Crippen molar-refractivity contribution < 1.29 is 19.4 Å². The molecular formula is C22H25NO4. The zero-order chi connectivity index (χ0) is 19.1. The third kappa shape index (κ3) is 5.41. The first-order chi connectivity index (χ1) is 13.1. The maximum Gasteiger partial charge on any atom is 0.326 e. The lowest BCUT2D eigenvalue weighted by Gasteiger charge is -2.24. The second kappa shape index (κ2) is 9.33. The van der Waals surface area contributed by atoms with E-state index in [1.165, 1.54) is 0 Å². The van der Waals surface area contributed by atoms with Crippen molar-refractivity contribution in [1.29, 1.82) is 0 Å². The van der Waals surface area contributed by atoms with Crippen LogP contribution in [0.1, 0.15) is 42.9 Å². The standard InChI is InChI=1S/C22H25NO4/c24-21(23-19(22(25)26)15-16-9-3-1-4-10-16)20(17-11-5-2-6-12-17)27-18-13-7-8-14-18/h1-6,9-12,18-20H,7-8,13-15H2,(H,23,24)(H,25,26). The van der Waals surface area contributed by atoms with Gasteiger partial charge in [-0.15, -0.1) is 0 Å². The van der Waals surface area contributed by atoms with Crippen molar-refractivity contribution in [2.75, 3.05) is 0 Å². The second-order valence-corrected chi connectivity index (χ2v) is 6.92. The first kappa shape index (κ1) is 19.1. The molecule has 2 unspecified atom stereocenters. The van der Waals surface area contributed by atoms with Gasteiger partial charge in [-0.2, -0.15) is 0 Å². The van der Waals surface area contributed by atoms with E-state index in [9.17, 15) is 14.7 Å². The van der Waals surface area contributed by atoms with Crippen LogP contribution in [0.3, 0.4) is 0 Å². The van der Waals surface area contributed by atoms with Crippen LogP contribution >= 0.6 is 0 Å². The van der Waals surface area contributed by atoms with Gasteiger partial charge < -0.3 is 15.2 Å². The van der Waals surface area contributed by atoms with E-state index < -0.39 is 24.0 Å². The third-order valence-electron chi connectivity index (χ3n) is 4.87. The summed E-state index contributed by atoms with van der Waals surface area (Å²) in [7, 11) is 0. The van der Waals surface area contributed by atoms with Gasteiger partial charge in [-0.3, -0.25) is 4.79 Å². The molecule has 5 nitrogen and oxygen atoms in total. The van der Waals surface area contributed by atoms with Gasteiger partial charge in [-0.05, 0) is 24.0 Å². The van der Waals surface area contributed by atoms with Crippen molar-refractivity contribution in [1.82, 2.24) is 5.32 Å². The van der Waals surface area contributed by atoms with Gasteiger partial charge in [0.2, 0.25) is 0 Å². The van der Waals surface area contributed by atoms with Gasteiger partial charge >= 0.3 is 5.97 Å². The Hall–Kier alpha value is -2.66. The number of amides is 1. The molecule has 2 aromatic carbocycles. The minimum Gasteiger partial charge on any atom is -0.480 e. The van der Waals surface area contributed by atoms with Crippen molar-refractivity contribution in [3.8, 4) is 0 Å². The third-order valence-corrected chi connectivity index (χ3v) is 4.87. The maximum absolute atomic E-state index is 12.9. The highest BCUT2D eigenvalue weighted by Gasteiger charge is 2.30. The van der Waals surface area contributed by atoms with E-state index >= 15 is 0 Å². The van der Waals surface area contributed by atoms with Crippen molar-refractivity contribution in [3.63, 3.8) is 0 Å². The Labute approximate surface area is 159 Å². The molecule has 0 spiro atoms. The zero-order valence-corrected chi connectivity index (χ0v) is 15.2. The highest BCUT2D eigenvalue weighted by Crippen LogP contribution is 2.28. The van der Waals surface area contributed by atoms with Crippen molar-refractivity contribution in [2.24, 2.45) is 0 Å². The molecule has 0 saturated heterocycles. The van der Waals surface area contributed by atoms with Crippen LogP contribution in [0.5, 0.6) is 0 Å². The van der Waals surface area contributed by atoms with E-state index in [-0.39, 0.29) is 12.5 Å². The Bertz CT molecular complexity index is 741. The molecule has 0 heterocycles. The van der Waals surface area contributed by atoms with E-state index in [2.05, 4.69) is 5.32 Å². The van der Waals surface area contributed by atoms with Gasteiger partial charge in [0.05, 0.1) is 6.10 Å². The summed E-state index contributed by atoms with van der Waals surface area (Å²) in [6, 6.07) is 17.5. The Balaban J connectivity index is 1.74. The van der Waals surface area contributed by atoms with Gasteiger partial charge in [-0.1, -0.05) is 73.5 Å². The SMILES string of the molecule is O=C(O)C(Cc1ccccc1)NC(=O)C(OC1CCCC1)c1ccccc1. The molecule has 142 valence electrons. The molecule has 1 aliphatic carbocycles. The number of aliphatic carboxylic acids is 1. The van der Waals surface area contributed by atoms with Gasteiger partial charge in [0, 0.05) is 6.42 Å². The van der Waals surface area contributed by atoms with Crippen LogP contribution in [0.2, 0.25) is 0 Å². The minimum absolute atomic E-state index is 0.0401. The number of ether oxygens (including phenoxy) is 1. The van der Waals surface area contributed by atoms with Gasteiger partial charge in [0.25, 0.3) is 5.91 Å². The highest BCUT2D eigenvalue weighted by molar-refractivity contribution is 5.87. The molecule has 0 radical (unpaired) electrons. The van der Waals surface area contributed by atoms with E-state index in [1.807, 2.05) is 60.7 Å². The normalized spacial score (nSPS) is 16.6. The van der Waals surface area contributed by atoms with Crippen LogP contribution in [0.15, 0.2) is 60.7 Å². The number of carboxylic acids is 1. The van der Waals surface area contributed by atoms with Crippen molar-refractivity contribution in [3.05, 3.63) is 71.8 Å². The number of nitrogens with one attached hydrogen (secondary N) is 1. The monoisotopic (exact) mass is 367 g/mol. The molecule has 27 heavy (non-hydrogen) atoms. The van der Waals surface area contributed by atoms with Crippen molar-refractivity contribution in [2.45, 2.75) is 50.4 Å². The molecule has 5 heteroatoms. The van der Waals surface area contributed by atoms with Crippen molar-refractivity contribution >= 4 is 11.9 Å². The molecule has 0 bridgehead atoms. The summed E-state index contributed by atoms with van der Waals surface area (Å²) in [6.45, 7) is 0. The number of benzene rings is 2. The molecule has 2 atom stereocenters. The number of carbonyl (C=O) groups excluding carboxylic acids is 1. The van der Waals surface area contributed by atoms with E-state index in [4.69, 9.17) is 4.74 Å². The number of hydrogen-bond donors (Lipinski definition) is 2. The summed E-state index contributed by atoms with van der Waals surface area (Å²) in [5.74, 6) is -1.46. The van der Waals surface area contributed by atoms with Crippen LogP contribution < -0.4 is 5.32 Å². The van der Waals surface area contributed by atoms with Crippen LogP contribution in [-0.4, -0.2) is 29.1 Å². The Morgan fingerprint density at radius 2 is 1.59 bits per heavy atom. The maximum atomic E-state index is 12.9. The quantitative estimate of drug-likeness (QED) is 0.749. The molecular weight excluding hydrogens is 342 g/mol. The first-order valence-electron chi connectivity index (χ1n) is 9.41. The highest BCUT2D eigenvalue weighted by atomic mass is 16.5. The second-order valence-electron chi connectivity index (χ2n) is 6.92. The van der Waals surface area contributed by atoms with Gasteiger partial charge in [0.15, 0.2) is 6.10 Å². The molecule has 2 N–H and O–H groups in total. The molecule has 3 rings (SSSR count). The smallest absolute Gasteiger partial charge is 0.326 e. The van der Waals surface area contributed by atoms with Gasteiger partial charge in [0.1, 0.15) is 6.04 Å². The summed E-state index contributed by atoms with van der Waals surface area (Å²) in [5, 5.41) is 12.2. The fraction of sp³-hybridized carbons (Fsp3) is 0.364. The Morgan fingerprint density at radius 1 is 1.00 bits per heavy atom. The lowest BCUT2D eigenvalue weighted by atomic mass is 10.0. The molecule has 0 aliphatic heterocycles. The number of carbonyl (C=O) groups is 2. The average Bonchev–Trinajstić information content (AvgIpc) is 3.20. The lowest BCUT2D eigenvalue weighted by molar-refractivity contribution is -0.146. The zero-order valence-electron chi connectivity index (χ0n) is 15.2. The van der Waals surface area contributed by atoms with Gasteiger partial charge in [-0.25, -0.2) is 4.79 Å². The predicted octanol–water partition coefficient (Wildman–Crippen LogP) is 3.50. The molecule has 0 aromatic heterocycles. The number of carboxylic acid groups (broad SMARTS) is 1. The largest absolute Gasteiger partial charge is 0.480 e. The van der Waals surface area contributed by atoms with Crippen LogP contribution in [0.4, 0.5) is 0 Å². The summed E-state index contributed by atoms with van der Waals surface area (Å²) in [5.41, 5.74) is 1.60. The molecule has 2 aromatic rings. The fourth-order valence-electron chi connectivity index (χ4n) is 3.43. The number of rotatable bonds is 8. The molecule has 1 aliphatic rings. The summed E-state index contributed by atoms with van der Waals surface area (Å²) < 4.78 is 6.09. The van der Waals surface area contributed by atoms with Crippen LogP contribution in [-0.2, 0) is 20.7 Å². The van der Waals surface area contributed by atoms with Crippen LogP contribution in [0, 0.1) is 0 Å². The van der Waals surface area contributed by atoms with E-state index in [0.29, 0.717) is 0 Å². The first-order valence-corrected chi connectivity index (χ1v) is 9.41. The number of hydrogen-bond acceptors (Lipinski definition) is 3. The molecule has 1 fully saturated rings. The Kier molecular flexibility index (Phi) is 6.60. The minimum atomic E-state index is -1.06. The fourth-order valence-corrected chi connectivity index (χ4v) is 3.43. The predicted molar refractivity (Wildman–Crippen MR) is 102 cm³/mol. The Morgan fingerprint density at radius 3 is 2.19 bits per heavy atom. The average molecular weight is 367 g/mol. The summed E-state index contributed by atoms with van der Waals surface area (Å²) in [4.78, 5) is 24.6. The molecule has 1 saturated carbocycles. The van der Waals surface area contributed by atoms with E-state index in [0.717, 1.165) is 36.8 Å². The lowest BCUT2D eigenvalue weighted by Crippen LogP contribution is -2.45. The topological polar surface area (TPSA) is 75.6 Å². The van der Waals surface area contributed by atoms with Crippen LogP contribution in [0.25, 0.3) is 0 Å². The molecule has 1 amide bonds.